The largest absolute Gasteiger partial charge is 0.497 e. The van der Waals surface area contributed by atoms with Crippen LogP contribution >= 0.6 is 0 Å². The molecule has 158 valence electrons. The standard InChI is InChI=1S/C20H24N6O4/c1-6-15-13-10-22-19(21-7-2)24-18(13)25-20(28)26(15)16-9-12(29-4)8-14(17(16)30-5)23-11(3)27/h8-10H,6-7H2,1-5H3,(H,23,27)(H,21,24,25,28). The molecule has 0 saturated carbocycles. The molecular weight excluding hydrogens is 388 g/mol. The molecular formula is C20H24N6O4. The highest BCUT2D eigenvalue weighted by Gasteiger charge is 2.21. The van der Waals surface area contributed by atoms with E-state index in [4.69, 9.17) is 9.47 Å². The van der Waals surface area contributed by atoms with Crippen molar-refractivity contribution in [1.29, 1.82) is 0 Å². The molecule has 0 radical (unpaired) electrons. The summed E-state index contributed by atoms with van der Waals surface area (Å²) in [6.45, 7) is 5.89. The van der Waals surface area contributed by atoms with E-state index in [1.807, 2.05) is 13.8 Å². The molecule has 2 heterocycles. The molecule has 1 amide bonds. The minimum Gasteiger partial charge on any atom is -0.497 e. The van der Waals surface area contributed by atoms with E-state index in [0.29, 0.717) is 58.5 Å². The average molecular weight is 412 g/mol. The van der Waals surface area contributed by atoms with E-state index in [-0.39, 0.29) is 5.91 Å². The summed E-state index contributed by atoms with van der Waals surface area (Å²) >= 11 is 0. The molecule has 0 spiro atoms. The molecule has 3 rings (SSSR count). The first-order valence-corrected chi connectivity index (χ1v) is 9.49. The van der Waals surface area contributed by atoms with Crippen LogP contribution in [0.1, 0.15) is 26.5 Å². The number of nitrogens with zero attached hydrogens (tertiary/aromatic N) is 4. The Morgan fingerprint density at radius 3 is 2.53 bits per heavy atom. The molecule has 0 aliphatic rings. The maximum absolute atomic E-state index is 13.1. The van der Waals surface area contributed by atoms with Crippen LogP contribution in [0.4, 0.5) is 11.6 Å². The van der Waals surface area contributed by atoms with Gasteiger partial charge >= 0.3 is 5.69 Å². The summed E-state index contributed by atoms with van der Waals surface area (Å²) in [5, 5.41) is 6.37. The minimum absolute atomic E-state index is 0.281. The summed E-state index contributed by atoms with van der Waals surface area (Å²) in [6.07, 6.45) is 2.15. The van der Waals surface area contributed by atoms with Crippen molar-refractivity contribution >= 4 is 28.6 Å². The summed E-state index contributed by atoms with van der Waals surface area (Å²) in [5.74, 6) is 0.886. The predicted molar refractivity (Wildman–Crippen MR) is 114 cm³/mol. The van der Waals surface area contributed by atoms with Crippen LogP contribution in [0.2, 0.25) is 0 Å². The topological polar surface area (TPSA) is 120 Å². The van der Waals surface area contributed by atoms with Crippen molar-refractivity contribution in [3.63, 3.8) is 0 Å². The fourth-order valence-corrected chi connectivity index (χ4v) is 3.25. The normalized spacial score (nSPS) is 10.7. The Hall–Kier alpha value is -3.69. The van der Waals surface area contributed by atoms with E-state index < -0.39 is 5.69 Å². The molecule has 0 unspecified atom stereocenters. The number of carbonyl (C=O) groups excluding carboxylic acids is 1. The number of benzene rings is 1. The molecule has 0 bridgehead atoms. The van der Waals surface area contributed by atoms with Crippen LogP contribution in [0.3, 0.4) is 0 Å². The molecule has 2 aromatic heterocycles. The second-order valence-electron chi connectivity index (χ2n) is 6.40. The van der Waals surface area contributed by atoms with Crippen LogP contribution in [0.15, 0.2) is 23.1 Å². The number of nitrogens with one attached hydrogen (secondary N) is 2. The van der Waals surface area contributed by atoms with E-state index in [9.17, 15) is 9.59 Å². The average Bonchev–Trinajstić information content (AvgIpc) is 2.71. The number of ether oxygens (including phenoxy) is 2. The molecule has 0 aliphatic heterocycles. The van der Waals surface area contributed by atoms with E-state index in [0.717, 1.165) is 0 Å². The summed E-state index contributed by atoms with van der Waals surface area (Å²) in [5.41, 5.74) is 1.22. The van der Waals surface area contributed by atoms with Crippen molar-refractivity contribution in [3.05, 3.63) is 34.5 Å². The number of aromatic nitrogens is 4. The lowest BCUT2D eigenvalue weighted by Gasteiger charge is -2.19. The molecule has 30 heavy (non-hydrogen) atoms. The zero-order chi connectivity index (χ0) is 21.8. The van der Waals surface area contributed by atoms with Gasteiger partial charge in [0.25, 0.3) is 0 Å². The molecule has 3 aromatic rings. The number of methoxy groups -OCH3 is 2. The van der Waals surface area contributed by atoms with Crippen molar-refractivity contribution in [3.8, 4) is 17.2 Å². The zero-order valence-electron chi connectivity index (χ0n) is 17.6. The Bertz CT molecular complexity index is 1160. The SMILES string of the molecule is CCNc1ncc2c(CC)n(-c3cc(OC)cc(NC(C)=O)c3OC)c(=O)nc2n1. The lowest BCUT2D eigenvalue weighted by Crippen LogP contribution is -2.26. The third kappa shape index (κ3) is 3.88. The summed E-state index contributed by atoms with van der Waals surface area (Å²) in [6, 6.07) is 3.28. The summed E-state index contributed by atoms with van der Waals surface area (Å²) in [7, 11) is 2.97. The Morgan fingerprint density at radius 2 is 1.93 bits per heavy atom. The van der Waals surface area contributed by atoms with E-state index >= 15 is 0 Å². The molecule has 0 atom stereocenters. The first-order valence-electron chi connectivity index (χ1n) is 9.49. The molecule has 2 N–H and O–H groups in total. The third-order valence-electron chi connectivity index (χ3n) is 4.45. The number of aryl methyl sites for hydroxylation is 1. The molecule has 1 aromatic carbocycles. The second kappa shape index (κ2) is 8.76. The van der Waals surface area contributed by atoms with Gasteiger partial charge in [0, 0.05) is 37.5 Å². The maximum Gasteiger partial charge on any atom is 0.354 e. The summed E-state index contributed by atoms with van der Waals surface area (Å²) in [4.78, 5) is 37.6. The Balaban J connectivity index is 2.35. The number of hydrogen-bond acceptors (Lipinski definition) is 8. The van der Waals surface area contributed by atoms with Gasteiger partial charge in [0.2, 0.25) is 11.9 Å². The monoisotopic (exact) mass is 412 g/mol. The van der Waals surface area contributed by atoms with Crippen LogP contribution in [0, 0.1) is 0 Å². The minimum atomic E-state index is -0.527. The van der Waals surface area contributed by atoms with Crippen molar-refractivity contribution < 1.29 is 14.3 Å². The molecule has 10 nitrogen and oxygen atoms in total. The van der Waals surface area contributed by atoms with Gasteiger partial charge in [-0.25, -0.2) is 9.78 Å². The molecule has 0 aliphatic carbocycles. The van der Waals surface area contributed by atoms with Gasteiger partial charge < -0.3 is 20.1 Å². The van der Waals surface area contributed by atoms with Crippen LogP contribution in [-0.2, 0) is 11.2 Å². The zero-order valence-corrected chi connectivity index (χ0v) is 17.6. The van der Waals surface area contributed by atoms with Gasteiger partial charge in [0.15, 0.2) is 11.4 Å². The van der Waals surface area contributed by atoms with Gasteiger partial charge in [-0.15, -0.1) is 0 Å². The number of hydrogen-bond donors (Lipinski definition) is 2. The van der Waals surface area contributed by atoms with Gasteiger partial charge in [0.05, 0.1) is 31.0 Å². The van der Waals surface area contributed by atoms with Crippen molar-refractivity contribution in [2.75, 3.05) is 31.4 Å². The molecule has 0 saturated heterocycles. The van der Waals surface area contributed by atoms with Crippen LogP contribution in [0.5, 0.6) is 11.5 Å². The third-order valence-corrected chi connectivity index (χ3v) is 4.45. The smallest absolute Gasteiger partial charge is 0.354 e. The van der Waals surface area contributed by atoms with E-state index in [1.165, 1.54) is 25.7 Å². The van der Waals surface area contributed by atoms with Crippen LogP contribution < -0.4 is 25.8 Å². The lowest BCUT2D eigenvalue weighted by molar-refractivity contribution is -0.114. The van der Waals surface area contributed by atoms with Gasteiger partial charge in [0.1, 0.15) is 5.75 Å². The molecule has 10 heteroatoms. The quantitative estimate of drug-likeness (QED) is 0.606. The second-order valence-corrected chi connectivity index (χ2v) is 6.40. The number of amides is 1. The number of carbonyl (C=O) groups is 1. The number of rotatable bonds is 7. The Labute approximate surface area is 173 Å². The Kier molecular flexibility index (Phi) is 6.14. The van der Waals surface area contributed by atoms with Crippen LogP contribution in [0.25, 0.3) is 16.7 Å². The summed E-state index contributed by atoms with van der Waals surface area (Å²) < 4.78 is 12.4. The predicted octanol–water partition coefficient (Wildman–Crippen LogP) is 2.15. The lowest BCUT2D eigenvalue weighted by atomic mass is 10.1. The van der Waals surface area contributed by atoms with Gasteiger partial charge in [-0.05, 0) is 13.3 Å². The van der Waals surface area contributed by atoms with Crippen LogP contribution in [-0.4, -0.2) is 46.2 Å². The van der Waals surface area contributed by atoms with E-state index in [2.05, 4.69) is 25.6 Å². The van der Waals surface area contributed by atoms with Crippen molar-refractivity contribution in [1.82, 2.24) is 19.5 Å². The highest BCUT2D eigenvalue weighted by Crippen LogP contribution is 2.37. The first kappa shape index (κ1) is 21.0. The number of anilines is 2. The number of fused-ring (bicyclic) bond motifs is 1. The Morgan fingerprint density at radius 1 is 1.17 bits per heavy atom. The van der Waals surface area contributed by atoms with Crippen molar-refractivity contribution in [2.45, 2.75) is 27.2 Å². The van der Waals surface area contributed by atoms with Gasteiger partial charge in [-0.1, -0.05) is 6.92 Å². The highest BCUT2D eigenvalue weighted by atomic mass is 16.5. The maximum atomic E-state index is 13.1. The van der Waals surface area contributed by atoms with Gasteiger partial charge in [-0.2, -0.15) is 9.97 Å². The van der Waals surface area contributed by atoms with Gasteiger partial charge in [-0.3, -0.25) is 9.36 Å². The first-order chi connectivity index (χ1) is 14.4. The fraction of sp³-hybridized carbons (Fsp3) is 0.350. The fourth-order valence-electron chi connectivity index (χ4n) is 3.25. The highest BCUT2D eigenvalue weighted by molar-refractivity contribution is 5.92. The van der Waals surface area contributed by atoms with Crippen molar-refractivity contribution in [2.24, 2.45) is 0 Å². The molecule has 0 fully saturated rings. The van der Waals surface area contributed by atoms with E-state index in [1.54, 1.807) is 18.3 Å².